The van der Waals surface area contributed by atoms with Crippen molar-refractivity contribution < 1.29 is 4.79 Å². The van der Waals surface area contributed by atoms with Crippen molar-refractivity contribution in [1.29, 1.82) is 0 Å². The van der Waals surface area contributed by atoms with Gasteiger partial charge in [0, 0.05) is 21.8 Å². The average molecular weight is 358 g/mol. The van der Waals surface area contributed by atoms with E-state index in [9.17, 15) is 4.79 Å². The summed E-state index contributed by atoms with van der Waals surface area (Å²) in [6.45, 7) is 4.09. The van der Waals surface area contributed by atoms with Gasteiger partial charge in [-0.1, -0.05) is 35.4 Å². The summed E-state index contributed by atoms with van der Waals surface area (Å²) in [7, 11) is 0. The molecule has 0 unspecified atom stereocenters. The third-order valence-electron chi connectivity index (χ3n) is 3.44. The first-order valence-corrected chi connectivity index (χ1v) is 8.64. The lowest BCUT2D eigenvalue weighted by Crippen LogP contribution is -2.12. The van der Waals surface area contributed by atoms with Crippen LogP contribution in [0.5, 0.6) is 0 Å². The monoisotopic (exact) mass is 357 g/mol. The summed E-state index contributed by atoms with van der Waals surface area (Å²) in [4.78, 5) is 16.6. The molecular formula is C18H16ClN3OS. The van der Waals surface area contributed by atoms with Crippen LogP contribution in [0.3, 0.4) is 0 Å². The summed E-state index contributed by atoms with van der Waals surface area (Å²) in [5.74, 6) is -0.262. The van der Waals surface area contributed by atoms with Crippen molar-refractivity contribution in [1.82, 2.24) is 4.98 Å². The van der Waals surface area contributed by atoms with E-state index < -0.39 is 0 Å². The Hall–Kier alpha value is -2.37. The van der Waals surface area contributed by atoms with Gasteiger partial charge < -0.3 is 10.6 Å². The van der Waals surface area contributed by atoms with Crippen molar-refractivity contribution in [2.75, 3.05) is 10.6 Å². The number of nitrogens with one attached hydrogen (secondary N) is 2. The number of thiazole rings is 1. The molecule has 0 saturated carbocycles. The van der Waals surface area contributed by atoms with Gasteiger partial charge in [-0.05, 0) is 43.7 Å². The summed E-state index contributed by atoms with van der Waals surface area (Å²) in [6, 6.07) is 13.2. The smallest absolute Gasteiger partial charge is 0.275 e. The van der Waals surface area contributed by atoms with E-state index in [2.05, 4.69) is 28.6 Å². The third kappa shape index (κ3) is 3.93. The van der Waals surface area contributed by atoms with Crippen molar-refractivity contribution in [3.8, 4) is 0 Å². The zero-order valence-electron chi connectivity index (χ0n) is 13.3. The topological polar surface area (TPSA) is 54.0 Å². The maximum atomic E-state index is 12.3. The molecule has 0 aliphatic heterocycles. The average Bonchev–Trinajstić information content (AvgIpc) is 2.99. The Morgan fingerprint density at radius 2 is 2.00 bits per heavy atom. The van der Waals surface area contributed by atoms with E-state index in [0.29, 0.717) is 21.5 Å². The minimum absolute atomic E-state index is 0.262. The van der Waals surface area contributed by atoms with Crippen LogP contribution in [0, 0.1) is 13.8 Å². The number of aryl methyl sites for hydroxylation is 2. The largest absolute Gasteiger partial charge is 0.331 e. The molecule has 0 fully saturated rings. The second-order valence-electron chi connectivity index (χ2n) is 5.45. The molecule has 24 heavy (non-hydrogen) atoms. The minimum Gasteiger partial charge on any atom is -0.331 e. The second kappa shape index (κ2) is 7.03. The summed E-state index contributed by atoms with van der Waals surface area (Å²) in [5, 5.41) is 9.02. The minimum atomic E-state index is -0.262. The first kappa shape index (κ1) is 16.5. The highest BCUT2D eigenvalue weighted by atomic mass is 35.5. The molecule has 1 heterocycles. The predicted octanol–water partition coefficient (Wildman–Crippen LogP) is 5.41. The molecule has 3 rings (SSSR count). The molecular weight excluding hydrogens is 342 g/mol. The van der Waals surface area contributed by atoms with Crippen LogP contribution in [0.2, 0.25) is 5.02 Å². The quantitative estimate of drug-likeness (QED) is 0.656. The van der Waals surface area contributed by atoms with Crippen LogP contribution < -0.4 is 10.6 Å². The summed E-state index contributed by atoms with van der Waals surface area (Å²) in [5.41, 5.74) is 4.34. The van der Waals surface area contributed by atoms with Gasteiger partial charge in [-0.15, -0.1) is 11.3 Å². The zero-order chi connectivity index (χ0) is 17.1. The zero-order valence-corrected chi connectivity index (χ0v) is 14.8. The Bertz CT molecular complexity index is 891. The van der Waals surface area contributed by atoms with Crippen LogP contribution in [-0.2, 0) is 0 Å². The predicted molar refractivity (Wildman–Crippen MR) is 101 cm³/mol. The summed E-state index contributed by atoms with van der Waals surface area (Å²) in [6.07, 6.45) is 0. The van der Waals surface area contributed by atoms with Crippen LogP contribution in [-0.4, -0.2) is 10.9 Å². The molecule has 4 nitrogen and oxygen atoms in total. The molecule has 0 aliphatic rings. The summed E-state index contributed by atoms with van der Waals surface area (Å²) < 4.78 is 0. The molecule has 0 atom stereocenters. The number of halogens is 1. The standard InChI is InChI=1S/C18H16ClN3OS/c1-11-6-7-15(12(2)8-11)21-18-22-16(10-24-18)17(23)20-14-5-3-4-13(19)9-14/h3-10H,1-2H3,(H,20,23)(H,21,22). The highest BCUT2D eigenvalue weighted by Crippen LogP contribution is 2.25. The van der Waals surface area contributed by atoms with Crippen LogP contribution in [0.15, 0.2) is 47.8 Å². The number of hydrogen-bond donors (Lipinski definition) is 2. The molecule has 122 valence electrons. The number of rotatable bonds is 4. The Balaban J connectivity index is 1.71. The van der Waals surface area contributed by atoms with E-state index in [1.54, 1.807) is 29.6 Å². The fourth-order valence-corrected chi connectivity index (χ4v) is 3.16. The molecule has 1 aromatic heterocycles. The van der Waals surface area contributed by atoms with Gasteiger partial charge in [0.05, 0.1) is 0 Å². The molecule has 0 bridgehead atoms. The van der Waals surface area contributed by atoms with Gasteiger partial charge in [0.25, 0.3) is 5.91 Å². The fourth-order valence-electron chi connectivity index (χ4n) is 2.27. The van der Waals surface area contributed by atoms with Crippen molar-refractivity contribution >= 4 is 45.4 Å². The van der Waals surface area contributed by atoms with Crippen molar-refractivity contribution in [2.45, 2.75) is 13.8 Å². The van der Waals surface area contributed by atoms with E-state index in [1.807, 2.05) is 19.1 Å². The number of aromatic nitrogens is 1. The molecule has 0 saturated heterocycles. The summed E-state index contributed by atoms with van der Waals surface area (Å²) >= 11 is 7.31. The lowest BCUT2D eigenvalue weighted by atomic mass is 10.1. The van der Waals surface area contributed by atoms with Crippen LogP contribution in [0.25, 0.3) is 0 Å². The first-order valence-electron chi connectivity index (χ1n) is 7.38. The molecule has 3 aromatic rings. The van der Waals surface area contributed by atoms with Gasteiger partial charge in [0.15, 0.2) is 5.13 Å². The van der Waals surface area contributed by atoms with E-state index in [-0.39, 0.29) is 5.91 Å². The van der Waals surface area contributed by atoms with Gasteiger partial charge in [-0.2, -0.15) is 0 Å². The van der Waals surface area contributed by atoms with E-state index >= 15 is 0 Å². The molecule has 2 N–H and O–H groups in total. The number of benzene rings is 2. The lowest BCUT2D eigenvalue weighted by molar-refractivity contribution is 0.102. The number of amides is 1. The third-order valence-corrected chi connectivity index (χ3v) is 4.44. The Morgan fingerprint density at radius 1 is 1.17 bits per heavy atom. The highest BCUT2D eigenvalue weighted by molar-refractivity contribution is 7.14. The number of carbonyl (C=O) groups excluding carboxylic acids is 1. The van der Waals surface area contributed by atoms with Crippen molar-refractivity contribution in [2.24, 2.45) is 0 Å². The SMILES string of the molecule is Cc1ccc(Nc2nc(C(=O)Nc3cccc(Cl)c3)cs2)c(C)c1. The van der Waals surface area contributed by atoms with Gasteiger partial charge >= 0.3 is 0 Å². The Kier molecular flexibility index (Phi) is 4.83. The van der Waals surface area contributed by atoms with Gasteiger partial charge in [-0.3, -0.25) is 4.79 Å². The van der Waals surface area contributed by atoms with Gasteiger partial charge in [0.1, 0.15) is 5.69 Å². The van der Waals surface area contributed by atoms with Crippen LogP contribution in [0.1, 0.15) is 21.6 Å². The maximum Gasteiger partial charge on any atom is 0.275 e. The molecule has 6 heteroatoms. The fraction of sp³-hybridized carbons (Fsp3) is 0.111. The normalized spacial score (nSPS) is 10.5. The van der Waals surface area contributed by atoms with Crippen molar-refractivity contribution in [3.63, 3.8) is 0 Å². The Morgan fingerprint density at radius 3 is 2.75 bits per heavy atom. The van der Waals surface area contributed by atoms with E-state index in [1.165, 1.54) is 16.9 Å². The maximum absolute atomic E-state index is 12.3. The van der Waals surface area contributed by atoms with Crippen LogP contribution >= 0.6 is 22.9 Å². The first-order chi connectivity index (χ1) is 11.5. The number of anilines is 3. The van der Waals surface area contributed by atoms with E-state index in [4.69, 9.17) is 11.6 Å². The Labute approximate surface area is 149 Å². The number of carbonyl (C=O) groups is 1. The van der Waals surface area contributed by atoms with Gasteiger partial charge in [-0.25, -0.2) is 4.98 Å². The molecule has 0 spiro atoms. The number of nitrogens with zero attached hydrogens (tertiary/aromatic N) is 1. The van der Waals surface area contributed by atoms with E-state index in [0.717, 1.165) is 11.3 Å². The number of hydrogen-bond acceptors (Lipinski definition) is 4. The highest BCUT2D eigenvalue weighted by Gasteiger charge is 2.12. The van der Waals surface area contributed by atoms with Crippen LogP contribution in [0.4, 0.5) is 16.5 Å². The molecule has 0 radical (unpaired) electrons. The molecule has 2 aromatic carbocycles. The second-order valence-corrected chi connectivity index (χ2v) is 6.74. The molecule has 0 aliphatic carbocycles. The lowest BCUT2D eigenvalue weighted by Gasteiger charge is -2.07. The van der Waals surface area contributed by atoms with Crippen molar-refractivity contribution in [3.05, 3.63) is 69.7 Å². The van der Waals surface area contributed by atoms with Gasteiger partial charge in [0.2, 0.25) is 0 Å². The molecule has 1 amide bonds.